The highest BCUT2D eigenvalue weighted by Gasteiger charge is 2.13. The molecule has 2 N–H and O–H groups in total. The largest absolute Gasteiger partial charge is 0.452 e. The minimum atomic E-state index is 0.518. The maximum atomic E-state index is 5.92. The van der Waals surface area contributed by atoms with Crippen molar-refractivity contribution in [3.63, 3.8) is 0 Å². The molecular weight excluding hydrogens is 294 g/mol. The number of benzene rings is 1. The van der Waals surface area contributed by atoms with Crippen LogP contribution in [-0.4, -0.2) is 9.78 Å². The second-order valence-electron chi connectivity index (χ2n) is 4.19. The number of rotatable bonds is 3. The van der Waals surface area contributed by atoms with Gasteiger partial charge in [-0.05, 0) is 47.5 Å². The van der Waals surface area contributed by atoms with Crippen LogP contribution in [0.1, 0.15) is 17.0 Å². The number of ether oxygens (including phenoxy) is 1. The molecule has 0 bridgehead atoms. The first kappa shape index (κ1) is 13.1. The summed E-state index contributed by atoms with van der Waals surface area (Å²) in [6.07, 6.45) is 0. The summed E-state index contributed by atoms with van der Waals surface area (Å²) in [5.41, 5.74) is 8.54. The first-order valence-corrected chi connectivity index (χ1v) is 6.48. The Balaban J connectivity index is 2.34. The fourth-order valence-electron chi connectivity index (χ4n) is 1.77. The van der Waals surface area contributed by atoms with E-state index in [9.17, 15) is 0 Å². The molecule has 18 heavy (non-hydrogen) atoms. The van der Waals surface area contributed by atoms with Gasteiger partial charge in [0.15, 0.2) is 5.75 Å². The molecule has 0 radical (unpaired) electrons. The zero-order chi connectivity index (χ0) is 13.3. The zero-order valence-corrected chi connectivity index (χ0v) is 12.3. The molecule has 1 aromatic carbocycles. The minimum absolute atomic E-state index is 0.518. The summed E-state index contributed by atoms with van der Waals surface area (Å²) in [4.78, 5) is 0. The average Bonchev–Trinajstić information content (AvgIpc) is 2.58. The minimum Gasteiger partial charge on any atom is -0.452 e. The Bertz CT molecular complexity index is 578. The maximum absolute atomic E-state index is 5.92. The SMILES string of the molecule is Cc1nn(C)c(C)c1Oc1ccc(CN)cc1Br. The van der Waals surface area contributed by atoms with Gasteiger partial charge >= 0.3 is 0 Å². The van der Waals surface area contributed by atoms with E-state index in [1.807, 2.05) is 43.8 Å². The average molecular weight is 310 g/mol. The maximum Gasteiger partial charge on any atom is 0.171 e. The van der Waals surface area contributed by atoms with E-state index in [-0.39, 0.29) is 0 Å². The number of aromatic nitrogens is 2. The van der Waals surface area contributed by atoms with Crippen LogP contribution in [0.15, 0.2) is 22.7 Å². The molecule has 0 atom stereocenters. The van der Waals surface area contributed by atoms with Crippen molar-refractivity contribution >= 4 is 15.9 Å². The Morgan fingerprint density at radius 2 is 2.11 bits per heavy atom. The van der Waals surface area contributed by atoms with Crippen molar-refractivity contribution in [2.24, 2.45) is 12.8 Å². The Morgan fingerprint density at radius 1 is 1.39 bits per heavy atom. The molecule has 1 aromatic heterocycles. The quantitative estimate of drug-likeness (QED) is 0.948. The van der Waals surface area contributed by atoms with Crippen molar-refractivity contribution < 1.29 is 4.74 Å². The van der Waals surface area contributed by atoms with Crippen LogP contribution in [-0.2, 0) is 13.6 Å². The molecule has 0 saturated carbocycles. The van der Waals surface area contributed by atoms with Crippen LogP contribution in [0.2, 0.25) is 0 Å². The van der Waals surface area contributed by atoms with E-state index >= 15 is 0 Å². The van der Waals surface area contributed by atoms with Crippen molar-refractivity contribution in [2.75, 3.05) is 0 Å². The zero-order valence-electron chi connectivity index (χ0n) is 10.7. The summed E-state index contributed by atoms with van der Waals surface area (Å²) in [6, 6.07) is 5.84. The summed E-state index contributed by atoms with van der Waals surface area (Å²) >= 11 is 3.49. The lowest BCUT2D eigenvalue weighted by Crippen LogP contribution is -1.97. The van der Waals surface area contributed by atoms with Gasteiger partial charge in [0.25, 0.3) is 0 Å². The molecule has 0 aliphatic heterocycles. The monoisotopic (exact) mass is 309 g/mol. The van der Waals surface area contributed by atoms with Crippen LogP contribution >= 0.6 is 15.9 Å². The van der Waals surface area contributed by atoms with Gasteiger partial charge in [0.1, 0.15) is 11.4 Å². The molecule has 96 valence electrons. The van der Waals surface area contributed by atoms with Crippen molar-refractivity contribution in [1.29, 1.82) is 0 Å². The predicted molar refractivity (Wildman–Crippen MR) is 74.8 cm³/mol. The number of halogens is 1. The van der Waals surface area contributed by atoms with Crippen molar-refractivity contribution in [2.45, 2.75) is 20.4 Å². The molecule has 0 fully saturated rings. The van der Waals surface area contributed by atoms with Gasteiger partial charge in [0.2, 0.25) is 0 Å². The first-order valence-electron chi connectivity index (χ1n) is 5.69. The van der Waals surface area contributed by atoms with Gasteiger partial charge in [-0.2, -0.15) is 5.10 Å². The summed E-state index contributed by atoms with van der Waals surface area (Å²) in [5.74, 6) is 1.57. The summed E-state index contributed by atoms with van der Waals surface area (Å²) in [6.45, 7) is 4.44. The van der Waals surface area contributed by atoms with Gasteiger partial charge in [-0.15, -0.1) is 0 Å². The third-order valence-corrected chi connectivity index (χ3v) is 3.51. The van der Waals surface area contributed by atoms with E-state index in [0.717, 1.165) is 32.9 Å². The molecule has 0 spiro atoms. The van der Waals surface area contributed by atoms with E-state index in [1.54, 1.807) is 0 Å². The number of hydrogen-bond donors (Lipinski definition) is 1. The Hall–Kier alpha value is -1.33. The van der Waals surface area contributed by atoms with E-state index in [2.05, 4.69) is 21.0 Å². The molecule has 1 heterocycles. The van der Waals surface area contributed by atoms with Crippen LogP contribution in [0.4, 0.5) is 0 Å². The molecule has 5 heteroatoms. The molecular formula is C13H16BrN3O. The first-order chi connectivity index (χ1) is 8.52. The van der Waals surface area contributed by atoms with Crippen molar-refractivity contribution in [3.8, 4) is 11.5 Å². The Morgan fingerprint density at radius 3 is 2.61 bits per heavy atom. The normalized spacial score (nSPS) is 10.7. The summed E-state index contributed by atoms with van der Waals surface area (Å²) in [7, 11) is 1.90. The molecule has 0 aliphatic rings. The van der Waals surface area contributed by atoms with E-state index in [4.69, 9.17) is 10.5 Å². The van der Waals surface area contributed by atoms with Gasteiger partial charge in [-0.25, -0.2) is 0 Å². The molecule has 0 saturated heterocycles. The number of nitrogens with zero attached hydrogens (tertiary/aromatic N) is 2. The van der Waals surface area contributed by atoms with Crippen molar-refractivity contribution in [1.82, 2.24) is 9.78 Å². The topological polar surface area (TPSA) is 53.1 Å². The highest BCUT2D eigenvalue weighted by atomic mass is 79.9. The second-order valence-corrected chi connectivity index (χ2v) is 5.05. The molecule has 0 amide bonds. The fraction of sp³-hybridized carbons (Fsp3) is 0.308. The smallest absolute Gasteiger partial charge is 0.171 e. The van der Waals surface area contributed by atoms with Crippen LogP contribution in [0.5, 0.6) is 11.5 Å². The summed E-state index contributed by atoms with van der Waals surface area (Å²) < 4.78 is 8.63. The highest BCUT2D eigenvalue weighted by molar-refractivity contribution is 9.10. The Labute approximate surface area is 115 Å². The van der Waals surface area contributed by atoms with Crippen LogP contribution in [0.3, 0.4) is 0 Å². The Kier molecular flexibility index (Phi) is 3.73. The lowest BCUT2D eigenvalue weighted by Gasteiger charge is -2.09. The number of aryl methyl sites for hydroxylation is 2. The summed E-state index contributed by atoms with van der Waals surface area (Å²) in [5, 5.41) is 4.33. The lowest BCUT2D eigenvalue weighted by molar-refractivity contribution is 0.471. The number of nitrogens with two attached hydrogens (primary N) is 1. The third-order valence-electron chi connectivity index (χ3n) is 2.89. The van der Waals surface area contributed by atoms with E-state index < -0.39 is 0 Å². The third kappa shape index (κ3) is 2.42. The second kappa shape index (κ2) is 5.12. The lowest BCUT2D eigenvalue weighted by atomic mass is 10.2. The van der Waals surface area contributed by atoms with Gasteiger partial charge in [0, 0.05) is 13.6 Å². The molecule has 4 nitrogen and oxygen atoms in total. The van der Waals surface area contributed by atoms with Crippen LogP contribution < -0.4 is 10.5 Å². The molecule has 2 aromatic rings. The predicted octanol–water partition coefficient (Wildman–Crippen LogP) is 3.05. The fourth-order valence-corrected chi connectivity index (χ4v) is 2.27. The molecule has 0 unspecified atom stereocenters. The standard InChI is InChI=1S/C13H16BrN3O/c1-8-13(9(2)17(3)16-8)18-12-5-4-10(7-15)6-11(12)14/h4-6H,7,15H2,1-3H3. The van der Waals surface area contributed by atoms with Gasteiger partial charge in [0.05, 0.1) is 10.2 Å². The van der Waals surface area contributed by atoms with E-state index in [0.29, 0.717) is 6.54 Å². The van der Waals surface area contributed by atoms with Crippen LogP contribution in [0.25, 0.3) is 0 Å². The van der Waals surface area contributed by atoms with Gasteiger partial charge < -0.3 is 10.5 Å². The molecule has 2 rings (SSSR count). The van der Waals surface area contributed by atoms with Gasteiger partial charge in [-0.3, -0.25) is 4.68 Å². The highest BCUT2D eigenvalue weighted by Crippen LogP contribution is 2.33. The number of hydrogen-bond acceptors (Lipinski definition) is 3. The van der Waals surface area contributed by atoms with E-state index in [1.165, 1.54) is 0 Å². The van der Waals surface area contributed by atoms with Crippen molar-refractivity contribution in [3.05, 3.63) is 39.6 Å². The van der Waals surface area contributed by atoms with Crippen LogP contribution in [0, 0.1) is 13.8 Å². The van der Waals surface area contributed by atoms with Gasteiger partial charge in [-0.1, -0.05) is 6.07 Å². The molecule has 0 aliphatic carbocycles.